The number of carbonyl (C=O) groups excluding carboxylic acids is 1. The van der Waals surface area contributed by atoms with E-state index in [2.05, 4.69) is 19.6 Å². The van der Waals surface area contributed by atoms with Crippen molar-refractivity contribution >= 4 is 17.3 Å². The lowest BCUT2D eigenvalue weighted by Crippen LogP contribution is -2.70. The van der Waals surface area contributed by atoms with Crippen LogP contribution in [0.1, 0.15) is 128 Å². The van der Waals surface area contributed by atoms with Crippen LogP contribution in [0.2, 0.25) is 0 Å². The summed E-state index contributed by atoms with van der Waals surface area (Å²) in [5.41, 5.74) is 2.55. The number of hydrogen-bond acceptors (Lipinski definition) is 11. The highest BCUT2D eigenvalue weighted by atomic mass is 16.8. The Morgan fingerprint density at radius 2 is 1.79 bits per heavy atom. The van der Waals surface area contributed by atoms with Crippen molar-refractivity contribution in [2.75, 3.05) is 33.0 Å². The molecule has 2 aromatic carbocycles. The fraction of sp³-hybridized carbons (Fsp3) is 0.633. The molecule has 0 bridgehead atoms. The number of carbonyl (C=O) groups is 1. The van der Waals surface area contributed by atoms with Gasteiger partial charge in [-0.2, -0.15) is 0 Å². The average molecular weight is 858 g/mol. The normalized spacial score (nSPS) is 27.4. The zero-order valence-corrected chi connectivity index (χ0v) is 36.5. The maximum absolute atomic E-state index is 14.8. The molecule has 0 aromatic heterocycles. The summed E-state index contributed by atoms with van der Waals surface area (Å²) in [6.07, 6.45) is 18.0. The molecule has 1 saturated heterocycles. The molecule has 7 unspecified atom stereocenters. The molecule has 7 rings (SSSR count). The summed E-state index contributed by atoms with van der Waals surface area (Å²) >= 11 is 0. The first-order valence-corrected chi connectivity index (χ1v) is 23.4. The Labute approximate surface area is 366 Å². The van der Waals surface area contributed by atoms with Gasteiger partial charge >= 0.3 is 0 Å². The molecular weight excluding hydrogens is 791 g/mol. The van der Waals surface area contributed by atoms with Gasteiger partial charge in [0.15, 0.2) is 0 Å². The van der Waals surface area contributed by atoms with Crippen molar-refractivity contribution in [1.29, 1.82) is 0 Å². The molecule has 3 aliphatic carbocycles. The summed E-state index contributed by atoms with van der Waals surface area (Å²) in [6, 6.07) is 11.3. The van der Waals surface area contributed by atoms with Crippen LogP contribution in [0.5, 0.6) is 17.2 Å². The van der Waals surface area contributed by atoms with Gasteiger partial charge in [0, 0.05) is 56.6 Å². The zero-order valence-electron chi connectivity index (χ0n) is 36.5. The van der Waals surface area contributed by atoms with Crippen molar-refractivity contribution in [2.24, 2.45) is 28.8 Å². The Kier molecular flexibility index (Phi) is 16.1. The number of allylic oxidation sites excluding steroid dienone is 1. The summed E-state index contributed by atoms with van der Waals surface area (Å²) in [7, 11) is 0. The highest BCUT2D eigenvalue weighted by Gasteiger charge is 2.65. The summed E-state index contributed by atoms with van der Waals surface area (Å²) in [6.45, 7) is 7.64. The molecule has 1 amide bonds. The summed E-state index contributed by atoms with van der Waals surface area (Å²) < 4.78 is 26.9. The minimum atomic E-state index is -1.34. The highest BCUT2D eigenvalue weighted by molar-refractivity contribution is 6.03. The fourth-order valence-corrected chi connectivity index (χ4v) is 10.9. The third-order valence-electron chi connectivity index (χ3n) is 13.7. The van der Waals surface area contributed by atoms with Crippen molar-refractivity contribution in [3.8, 4) is 17.2 Å². The van der Waals surface area contributed by atoms with E-state index in [-0.39, 0.29) is 49.2 Å². The maximum atomic E-state index is 14.8. The average Bonchev–Trinajstić information content (AvgIpc) is 3.82. The molecule has 5 aliphatic rings. The van der Waals surface area contributed by atoms with Gasteiger partial charge in [-0.15, -0.1) is 6.58 Å². The van der Waals surface area contributed by atoms with Crippen LogP contribution >= 0.6 is 0 Å². The zero-order chi connectivity index (χ0) is 43.5. The molecule has 7 atom stereocenters. The number of unbranched alkanes of at least 4 members (excludes halogenated alkanes) is 2. The number of amides is 1. The molecule has 0 radical (unpaired) electrons. The molecule has 2 aromatic rings. The number of oxime groups is 1. The Bertz CT molecular complexity index is 1890. The lowest BCUT2D eigenvalue weighted by atomic mass is 9.55. The van der Waals surface area contributed by atoms with Gasteiger partial charge in [-0.05, 0) is 99.0 Å². The predicted octanol–water partition coefficient (Wildman–Crippen LogP) is 9.76. The molecular formula is C49H67N3O10. The number of nitro benzene ring substituents is 1. The molecule has 62 heavy (non-hydrogen) atoms. The van der Waals surface area contributed by atoms with E-state index >= 15 is 0 Å². The molecule has 2 aliphatic heterocycles. The van der Waals surface area contributed by atoms with Gasteiger partial charge < -0.3 is 38.9 Å². The lowest BCUT2D eigenvalue weighted by molar-refractivity contribution is -0.384. The van der Waals surface area contributed by atoms with E-state index in [9.17, 15) is 25.1 Å². The van der Waals surface area contributed by atoms with Gasteiger partial charge in [0.05, 0.1) is 35.8 Å². The van der Waals surface area contributed by atoms with Gasteiger partial charge in [0.25, 0.3) is 5.69 Å². The lowest BCUT2D eigenvalue weighted by Gasteiger charge is -2.60. The third kappa shape index (κ3) is 10.4. The van der Waals surface area contributed by atoms with E-state index in [0.717, 1.165) is 87.5 Å². The minimum Gasteiger partial charge on any atom is -0.459 e. The second kappa shape index (κ2) is 21.9. The van der Waals surface area contributed by atoms with Crippen LogP contribution in [0, 0.1) is 33.8 Å². The number of aliphatic hydroxyl groups excluding tert-OH is 2. The smallest absolute Gasteiger partial charge is 0.273 e. The van der Waals surface area contributed by atoms with Gasteiger partial charge in [0.1, 0.15) is 23.3 Å². The standard InChI is InChI=1S/C49H67N3O10/c1-3-25-51(45(55)24-21-34-14-5-6-15-34)44-33-42(50-62-46-20-9-12-29-58-46)40-30-35(16-7-10-26-53)39(19-8-11-27-54)47-41-32-38(60-37-18-13-17-36(31-37)52(56)57)22-23-43(41)61-49(44,48(40)47)59-28-4-2/h4,13,17-18,22-23,30-32,34-35,39,44,46-48,53-54H,2-3,5-12,14-16,19-21,24-29,33H2,1H3. The van der Waals surface area contributed by atoms with Gasteiger partial charge in [-0.25, -0.2) is 0 Å². The number of ether oxygens (including phenoxy) is 4. The van der Waals surface area contributed by atoms with Crippen molar-refractivity contribution in [2.45, 2.75) is 140 Å². The first-order valence-electron chi connectivity index (χ1n) is 23.4. The quantitative estimate of drug-likeness (QED) is 0.0505. The van der Waals surface area contributed by atoms with E-state index in [1.807, 2.05) is 23.1 Å². The minimum absolute atomic E-state index is 0.0386. The predicted molar refractivity (Wildman–Crippen MR) is 236 cm³/mol. The Morgan fingerprint density at radius 3 is 2.52 bits per heavy atom. The van der Waals surface area contributed by atoms with E-state index in [0.29, 0.717) is 62.0 Å². The third-order valence-corrected chi connectivity index (χ3v) is 13.7. The van der Waals surface area contributed by atoms with Crippen LogP contribution in [0.4, 0.5) is 5.69 Å². The van der Waals surface area contributed by atoms with E-state index < -0.39 is 29.0 Å². The molecule has 13 heteroatoms. The number of aliphatic hydroxyl groups is 2. The van der Waals surface area contributed by atoms with Gasteiger partial charge in [0.2, 0.25) is 18.0 Å². The molecule has 2 N–H and O–H groups in total. The largest absolute Gasteiger partial charge is 0.459 e. The number of nitro groups is 1. The van der Waals surface area contributed by atoms with E-state index in [1.54, 1.807) is 18.2 Å². The summed E-state index contributed by atoms with van der Waals surface area (Å²) in [4.78, 5) is 34.3. The van der Waals surface area contributed by atoms with Crippen LogP contribution in [0.25, 0.3) is 0 Å². The van der Waals surface area contributed by atoms with Crippen molar-refractivity contribution < 1.29 is 43.7 Å². The molecule has 338 valence electrons. The second-order valence-corrected chi connectivity index (χ2v) is 17.8. The second-order valence-electron chi connectivity index (χ2n) is 17.8. The number of benzene rings is 2. The van der Waals surface area contributed by atoms with Crippen LogP contribution in [0.3, 0.4) is 0 Å². The molecule has 13 nitrogen and oxygen atoms in total. The van der Waals surface area contributed by atoms with Crippen molar-refractivity contribution in [3.05, 3.63) is 82.4 Å². The van der Waals surface area contributed by atoms with Crippen LogP contribution in [-0.4, -0.2) is 82.7 Å². The van der Waals surface area contributed by atoms with E-state index in [4.69, 9.17) is 28.9 Å². The Balaban J connectivity index is 1.40. The highest BCUT2D eigenvalue weighted by Crippen LogP contribution is 2.62. The van der Waals surface area contributed by atoms with Crippen LogP contribution < -0.4 is 9.47 Å². The first kappa shape index (κ1) is 45.7. The Hall–Kier alpha value is -4.30. The molecule has 3 fully saturated rings. The topological polar surface area (TPSA) is 162 Å². The summed E-state index contributed by atoms with van der Waals surface area (Å²) in [5.74, 6) is 0.172. The number of non-ortho nitro benzene ring substituents is 1. The van der Waals surface area contributed by atoms with Crippen LogP contribution in [-0.2, 0) is 19.1 Å². The number of nitrogens with zero attached hydrogens (tertiary/aromatic N) is 3. The van der Waals surface area contributed by atoms with Gasteiger partial charge in [-0.1, -0.05) is 68.8 Å². The summed E-state index contributed by atoms with van der Waals surface area (Å²) in [5, 5.41) is 36.6. The monoisotopic (exact) mass is 857 g/mol. The van der Waals surface area contributed by atoms with Crippen LogP contribution in [0.15, 0.2) is 71.9 Å². The van der Waals surface area contributed by atoms with E-state index in [1.165, 1.54) is 25.0 Å². The SMILES string of the molecule is C=CCOC12Oc3ccc(Oc4cccc([N+](=O)[O-])c4)cc3C3C(CCCCO)C(CCCCO)C=C(C(=NOC4CCCCO4)CC1N(CCC)C(=O)CCC1CCCC1)C32. The first-order chi connectivity index (χ1) is 30.3. The molecule has 0 spiro atoms. The number of hydrogen-bond donors (Lipinski definition) is 2. The maximum Gasteiger partial charge on any atom is 0.273 e. The molecule has 2 saturated carbocycles. The van der Waals surface area contributed by atoms with Crippen molar-refractivity contribution in [3.63, 3.8) is 0 Å². The number of fused-ring (bicyclic) bond motifs is 2. The van der Waals surface area contributed by atoms with Gasteiger partial charge in [-0.3, -0.25) is 14.9 Å². The molecule has 2 heterocycles. The Morgan fingerprint density at radius 1 is 1.02 bits per heavy atom. The number of rotatable bonds is 22. The fourth-order valence-electron chi connectivity index (χ4n) is 10.9. The van der Waals surface area contributed by atoms with Crippen molar-refractivity contribution in [1.82, 2.24) is 4.90 Å².